The van der Waals surface area contributed by atoms with Gasteiger partial charge in [-0.15, -0.1) is 11.3 Å². The number of H-pyrrole nitrogens is 1. The van der Waals surface area contributed by atoms with E-state index in [2.05, 4.69) is 4.98 Å². The second-order valence-electron chi connectivity index (χ2n) is 7.94. The Bertz CT molecular complexity index is 920. The summed E-state index contributed by atoms with van der Waals surface area (Å²) < 4.78 is 5.53. The first kappa shape index (κ1) is 17.4. The number of nitrogens with zero attached hydrogens (tertiary/aromatic N) is 2. The molecule has 1 atom stereocenters. The number of rotatable bonds is 2. The van der Waals surface area contributed by atoms with E-state index in [1.165, 1.54) is 16.9 Å². The van der Waals surface area contributed by atoms with E-state index in [-0.39, 0.29) is 23.5 Å². The number of hydrogen-bond acceptors (Lipinski definition) is 5. The molecule has 1 N–H and O–H groups in total. The normalized spacial score (nSPS) is 23.7. The van der Waals surface area contributed by atoms with Crippen LogP contribution in [0.4, 0.5) is 0 Å². The van der Waals surface area contributed by atoms with E-state index in [9.17, 15) is 9.59 Å². The molecular formula is C20H25N3O3S. The van der Waals surface area contributed by atoms with E-state index >= 15 is 0 Å². The minimum atomic E-state index is -0.242. The Balaban J connectivity index is 1.34. The molecule has 7 heteroatoms. The lowest BCUT2D eigenvalue weighted by Crippen LogP contribution is -2.43. The number of amides is 1. The highest BCUT2D eigenvalue weighted by Gasteiger charge is 2.32. The average Bonchev–Trinajstić information content (AvgIpc) is 3.35. The van der Waals surface area contributed by atoms with Crippen LogP contribution in [-0.4, -0.2) is 46.6 Å². The number of hydrogen-bond donors (Lipinski definition) is 1. The maximum Gasteiger partial charge on any atom is 0.259 e. The van der Waals surface area contributed by atoms with E-state index in [4.69, 9.17) is 9.72 Å². The fourth-order valence-electron chi connectivity index (χ4n) is 4.72. The van der Waals surface area contributed by atoms with Crippen molar-refractivity contribution in [1.82, 2.24) is 14.9 Å². The summed E-state index contributed by atoms with van der Waals surface area (Å²) in [5, 5.41) is 0.824. The van der Waals surface area contributed by atoms with Crippen LogP contribution in [0.15, 0.2) is 4.79 Å². The third kappa shape index (κ3) is 3.10. The van der Waals surface area contributed by atoms with Crippen molar-refractivity contribution in [3.05, 3.63) is 26.6 Å². The third-order valence-electron chi connectivity index (χ3n) is 6.24. The van der Waals surface area contributed by atoms with Gasteiger partial charge in [0.1, 0.15) is 16.8 Å². The monoisotopic (exact) mass is 387 g/mol. The predicted molar refractivity (Wildman–Crippen MR) is 104 cm³/mol. The molecule has 5 rings (SSSR count). The molecule has 2 aliphatic heterocycles. The number of fused-ring (bicyclic) bond motifs is 3. The largest absolute Gasteiger partial charge is 0.368 e. The quantitative estimate of drug-likeness (QED) is 0.860. The Morgan fingerprint density at radius 3 is 2.74 bits per heavy atom. The van der Waals surface area contributed by atoms with Crippen molar-refractivity contribution >= 4 is 27.5 Å². The molecule has 6 nitrogen and oxygen atoms in total. The summed E-state index contributed by atoms with van der Waals surface area (Å²) in [6, 6.07) is 0. The topological polar surface area (TPSA) is 75.3 Å². The van der Waals surface area contributed by atoms with Crippen molar-refractivity contribution in [2.75, 3.05) is 19.7 Å². The Labute approximate surface area is 161 Å². The number of likely N-dealkylation sites (tertiary alicyclic amines) is 1. The van der Waals surface area contributed by atoms with Crippen LogP contribution >= 0.6 is 11.3 Å². The predicted octanol–water partition coefficient (Wildman–Crippen LogP) is 2.75. The Morgan fingerprint density at radius 1 is 1.15 bits per heavy atom. The lowest BCUT2D eigenvalue weighted by Gasteiger charge is -2.32. The molecule has 0 saturated carbocycles. The molecule has 0 spiro atoms. The van der Waals surface area contributed by atoms with Gasteiger partial charge in [0.2, 0.25) is 0 Å². The Morgan fingerprint density at radius 2 is 1.96 bits per heavy atom. The number of aromatic amines is 1. The van der Waals surface area contributed by atoms with Crippen molar-refractivity contribution < 1.29 is 9.53 Å². The van der Waals surface area contributed by atoms with E-state index in [0.29, 0.717) is 19.7 Å². The summed E-state index contributed by atoms with van der Waals surface area (Å²) in [4.78, 5) is 37.4. The Kier molecular flexibility index (Phi) is 4.52. The van der Waals surface area contributed by atoms with Crippen molar-refractivity contribution in [2.24, 2.45) is 0 Å². The smallest absolute Gasteiger partial charge is 0.259 e. The van der Waals surface area contributed by atoms with Crippen LogP contribution in [0.3, 0.4) is 0 Å². The number of aryl methyl sites for hydroxylation is 2. The summed E-state index contributed by atoms with van der Waals surface area (Å²) in [6.07, 6.45) is 7.72. The van der Waals surface area contributed by atoms with Crippen LogP contribution in [0, 0.1) is 0 Å². The molecule has 4 heterocycles. The van der Waals surface area contributed by atoms with Gasteiger partial charge in [-0.05, 0) is 56.9 Å². The zero-order valence-corrected chi connectivity index (χ0v) is 16.3. The molecule has 2 fully saturated rings. The summed E-state index contributed by atoms with van der Waals surface area (Å²) in [5.74, 6) is 1.15. The van der Waals surface area contributed by atoms with Gasteiger partial charge in [0.15, 0.2) is 0 Å². The molecule has 1 aliphatic carbocycles. The first-order valence-electron chi connectivity index (χ1n) is 10.2. The van der Waals surface area contributed by atoms with Crippen LogP contribution in [0.5, 0.6) is 0 Å². The zero-order chi connectivity index (χ0) is 18.4. The highest BCUT2D eigenvalue weighted by Crippen LogP contribution is 2.35. The van der Waals surface area contributed by atoms with Crippen molar-refractivity contribution in [2.45, 2.75) is 63.4 Å². The van der Waals surface area contributed by atoms with E-state index in [0.717, 1.165) is 61.0 Å². The van der Waals surface area contributed by atoms with Crippen molar-refractivity contribution in [3.63, 3.8) is 0 Å². The van der Waals surface area contributed by atoms with Gasteiger partial charge in [0.05, 0.1) is 5.39 Å². The first-order valence-corrected chi connectivity index (χ1v) is 11.0. The minimum Gasteiger partial charge on any atom is -0.368 e. The number of aromatic nitrogens is 2. The van der Waals surface area contributed by atoms with Gasteiger partial charge in [-0.3, -0.25) is 9.59 Å². The molecule has 0 radical (unpaired) electrons. The van der Waals surface area contributed by atoms with Gasteiger partial charge in [-0.2, -0.15) is 0 Å². The Hall–Kier alpha value is -1.73. The van der Waals surface area contributed by atoms with Crippen LogP contribution < -0.4 is 5.56 Å². The number of thiophene rings is 1. The van der Waals surface area contributed by atoms with E-state index in [1.54, 1.807) is 11.3 Å². The minimum absolute atomic E-state index is 0.0206. The second kappa shape index (κ2) is 7.02. The molecule has 2 aromatic heterocycles. The summed E-state index contributed by atoms with van der Waals surface area (Å²) in [5.41, 5.74) is 1.26. The number of carbonyl (C=O) groups is 1. The summed E-state index contributed by atoms with van der Waals surface area (Å²) in [7, 11) is 0. The molecule has 27 heavy (non-hydrogen) atoms. The van der Waals surface area contributed by atoms with Crippen LogP contribution in [0.1, 0.15) is 60.7 Å². The SMILES string of the molecule is O=C([C@@H]1CCCO1)N1CCC(c2nc3sc4c(c3c(=O)[nH]2)CCCC4)CC1. The number of carbonyl (C=O) groups excluding carboxylic acids is 1. The first-order chi connectivity index (χ1) is 13.2. The van der Waals surface area contributed by atoms with Gasteiger partial charge in [0, 0.05) is 30.5 Å². The average molecular weight is 388 g/mol. The van der Waals surface area contributed by atoms with Crippen LogP contribution in [0.2, 0.25) is 0 Å². The van der Waals surface area contributed by atoms with Crippen LogP contribution in [0.25, 0.3) is 10.2 Å². The maximum absolute atomic E-state index is 12.8. The molecule has 0 aromatic carbocycles. The fraction of sp³-hybridized carbons (Fsp3) is 0.650. The summed E-state index contributed by atoms with van der Waals surface area (Å²) >= 11 is 1.70. The molecular weight excluding hydrogens is 362 g/mol. The maximum atomic E-state index is 12.8. The standard InChI is InChI=1S/C20H25N3O3S/c24-18-16-13-4-1-2-6-15(13)27-19(16)22-17(21-18)12-7-9-23(10-8-12)20(25)14-5-3-11-26-14/h12,14H,1-11H2,(H,21,22,24)/t14-/m0/s1. The molecule has 144 valence electrons. The zero-order valence-electron chi connectivity index (χ0n) is 15.5. The number of piperidine rings is 1. The number of nitrogens with one attached hydrogen (secondary N) is 1. The van der Waals surface area contributed by atoms with Crippen molar-refractivity contribution in [1.29, 1.82) is 0 Å². The van der Waals surface area contributed by atoms with Gasteiger partial charge >= 0.3 is 0 Å². The van der Waals surface area contributed by atoms with Gasteiger partial charge in [-0.25, -0.2) is 4.98 Å². The summed E-state index contributed by atoms with van der Waals surface area (Å²) in [6.45, 7) is 2.13. The van der Waals surface area contributed by atoms with E-state index in [1.807, 2.05) is 4.90 Å². The molecule has 0 bridgehead atoms. The lowest BCUT2D eigenvalue weighted by molar-refractivity contribution is -0.142. The van der Waals surface area contributed by atoms with Gasteiger partial charge in [-0.1, -0.05) is 0 Å². The van der Waals surface area contributed by atoms with E-state index < -0.39 is 0 Å². The lowest BCUT2D eigenvalue weighted by atomic mass is 9.95. The third-order valence-corrected chi connectivity index (χ3v) is 7.43. The fourth-order valence-corrected chi connectivity index (χ4v) is 5.99. The van der Waals surface area contributed by atoms with Gasteiger partial charge in [0.25, 0.3) is 11.5 Å². The molecule has 2 saturated heterocycles. The molecule has 1 amide bonds. The molecule has 3 aliphatic rings. The van der Waals surface area contributed by atoms with Crippen molar-refractivity contribution in [3.8, 4) is 0 Å². The number of ether oxygens (including phenoxy) is 1. The van der Waals surface area contributed by atoms with Crippen LogP contribution in [-0.2, 0) is 22.4 Å². The van der Waals surface area contributed by atoms with Gasteiger partial charge < -0.3 is 14.6 Å². The highest BCUT2D eigenvalue weighted by molar-refractivity contribution is 7.18. The molecule has 0 unspecified atom stereocenters. The highest BCUT2D eigenvalue weighted by atomic mass is 32.1. The second-order valence-corrected chi connectivity index (χ2v) is 9.03. The molecule has 2 aromatic rings.